The minimum atomic E-state index is -0.249. The molecule has 21 heavy (non-hydrogen) atoms. The fraction of sp³-hybridized carbons (Fsp3) is 0.250. The summed E-state index contributed by atoms with van der Waals surface area (Å²) in [4.78, 5) is 0. The van der Waals surface area contributed by atoms with Crippen molar-refractivity contribution in [1.29, 1.82) is 0 Å². The first-order valence-electron chi connectivity index (χ1n) is 6.92. The van der Waals surface area contributed by atoms with Crippen LogP contribution in [0.5, 0.6) is 5.75 Å². The van der Waals surface area contributed by atoms with Gasteiger partial charge in [-0.15, -0.1) is 0 Å². The summed E-state index contributed by atoms with van der Waals surface area (Å²) in [6.45, 7) is 1.99. The molecule has 8 N–H and O–H groups in total. The molecule has 0 saturated carbocycles. The van der Waals surface area contributed by atoms with E-state index >= 15 is 0 Å². The normalized spacial score (nSPS) is 20.7. The summed E-state index contributed by atoms with van der Waals surface area (Å²) >= 11 is 0. The van der Waals surface area contributed by atoms with Gasteiger partial charge in [0.2, 0.25) is 0 Å². The van der Waals surface area contributed by atoms with Crippen LogP contribution in [0, 0.1) is 6.92 Å². The van der Waals surface area contributed by atoms with Crippen molar-refractivity contribution >= 4 is 17.1 Å². The first kappa shape index (κ1) is 13.6. The van der Waals surface area contributed by atoms with Crippen LogP contribution in [-0.2, 0) is 6.42 Å². The number of nitrogens with two attached hydrogens (primary N) is 4. The van der Waals surface area contributed by atoms with Crippen LogP contribution >= 0.6 is 0 Å². The largest absolute Gasteiger partial charge is 0.484 e. The Kier molecular flexibility index (Phi) is 3.14. The maximum absolute atomic E-state index is 6.27. The second-order valence-electron chi connectivity index (χ2n) is 5.63. The van der Waals surface area contributed by atoms with Crippen molar-refractivity contribution in [3.63, 3.8) is 0 Å². The van der Waals surface area contributed by atoms with E-state index in [9.17, 15) is 0 Å². The SMILES string of the molecule is Cc1cc(N)c2c(c1)OC(c1ccc(N)c(N)c1)C(N)C2. The van der Waals surface area contributed by atoms with E-state index in [1.54, 1.807) is 6.07 Å². The quantitative estimate of drug-likeness (QED) is 0.596. The lowest BCUT2D eigenvalue weighted by Gasteiger charge is -2.33. The maximum atomic E-state index is 6.27. The first-order chi connectivity index (χ1) is 9.95. The Balaban J connectivity index is 2.00. The number of fused-ring (bicyclic) bond motifs is 1. The predicted octanol–water partition coefficient (Wildman–Crippen LogP) is 1.75. The standard InChI is InChI=1S/C16H20N4O/c1-8-4-12(18)10-7-14(20)16(21-15(10)5-8)9-2-3-11(17)13(19)6-9/h2-6,14,16H,7,17-20H2,1H3. The van der Waals surface area contributed by atoms with Crippen LogP contribution in [0.3, 0.4) is 0 Å². The molecular weight excluding hydrogens is 264 g/mol. The third-order valence-electron chi connectivity index (χ3n) is 3.91. The molecule has 0 aliphatic carbocycles. The molecule has 2 unspecified atom stereocenters. The zero-order chi connectivity index (χ0) is 15.1. The van der Waals surface area contributed by atoms with E-state index < -0.39 is 0 Å². The van der Waals surface area contributed by atoms with Crippen molar-refractivity contribution in [3.8, 4) is 5.75 Å². The summed E-state index contributed by atoms with van der Waals surface area (Å²) in [6, 6.07) is 9.26. The van der Waals surface area contributed by atoms with E-state index in [1.807, 2.05) is 31.2 Å². The fourth-order valence-corrected chi connectivity index (χ4v) is 2.79. The Morgan fingerprint density at radius 3 is 2.48 bits per heavy atom. The van der Waals surface area contributed by atoms with Crippen LogP contribution in [0.1, 0.15) is 22.8 Å². The number of nitrogen functional groups attached to an aromatic ring is 3. The van der Waals surface area contributed by atoms with Gasteiger partial charge in [-0.3, -0.25) is 0 Å². The highest BCUT2D eigenvalue weighted by Crippen LogP contribution is 2.38. The van der Waals surface area contributed by atoms with Crippen LogP contribution in [-0.4, -0.2) is 6.04 Å². The summed E-state index contributed by atoms with van der Waals surface area (Å²) in [5, 5.41) is 0. The van der Waals surface area contributed by atoms with Crippen molar-refractivity contribution in [3.05, 3.63) is 47.0 Å². The number of benzene rings is 2. The number of rotatable bonds is 1. The molecule has 0 spiro atoms. The lowest BCUT2D eigenvalue weighted by Crippen LogP contribution is -2.38. The highest BCUT2D eigenvalue weighted by Gasteiger charge is 2.30. The third kappa shape index (κ3) is 2.36. The molecule has 3 rings (SSSR count). The lowest BCUT2D eigenvalue weighted by molar-refractivity contribution is 0.154. The Bertz CT molecular complexity index is 699. The Morgan fingerprint density at radius 2 is 1.76 bits per heavy atom. The number of anilines is 3. The van der Waals surface area contributed by atoms with Crippen molar-refractivity contribution in [2.24, 2.45) is 5.73 Å². The summed E-state index contributed by atoms with van der Waals surface area (Å²) in [7, 11) is 0. The molecule has 110 valence electrons. The van der Waals surface area contributed by atoms with Gasteiger partial charge < -0.3 is 27.7 Å². The zero-order valence-corrected chi connectivity index (χ0v) is 12.0. The van der Waals surface area contributed by atoms with Gasteiger partial charge in [-0.1, -0.05) is 6.07 Å². The molecule has 0 radical (unpaired) electrons. The molecule has 0 fully saturated rings. The zero-order valence-electron chi connectivity index (χ0n) is 12.0. The number of aryl methyl sites for hydroxylation is 1. The van der Waals surface area contributed by atoms with E-state index in [-0.39, 0.29) is 12.1 Å². The van der Waals surface area contributed by atoms with Crippen LogP contribution in [0.2, 0.25) is 0 Å². The van der Waals surface area contributed by atoms with E-state index in [0.29, 0.717) is 17.8 Å². The van der Waals surface area contributed by atoms with Crippen LogP contribution < -0.4 is 27.7 Å². The average Bonchev–Trinajstić information content (AvgIpc) is 2.42. The second kappa shape index (κ2) is 4.86. The molecule has 1 aliphatic heterocycles. The predicted molar refractivity (Wildman–Crippen MR) is 85.9 cm³/mol. The Hall–Kier alpha value is -2.40. The molecule has 2 atom stereocenters. The van der Waals surface area contributed by atoms with Crippen LogP contribution in [0.25, 0.3) is 0 Å². The van der Waals surface area contributed by atoms with E-state index in [4.69, 9.17) is 27.7 Å². The molecule has 1 aliphatic rings. The molecule has 2 aromatic rings. The first-order valence-corrected chi connectivity index (χ1v) is 6.92. The maximum Gasteiger partial charge on any atom is 0.139 e. The number of ether oxygens (including phenoxy) is 1. The third-order valence-corrected chi connectivity index (χ3v) is 3.91. The molecule has 5 nitrogen and oxygen atoms in total. The molecule has 2 aromatic carbocycles. The van der Waals surface area contributed by atoms with E-state index in [1.165, 1.54) is 0 Å². The smallest absolute Gasteiger partial charge is 0.139 e. The average molecular weight is 284 g/mol. The topological polar surface area (TPSA) is 113 Å². The van der Waals surface area contributed by atoms with Gasteiger partial charge in [-0.25, -0.2) is 0 Å². The molecule has 0 aromatic heterocycles. The molecule has 0 amide bonds. The van der Waals surface area contributed by atoms with Crippen molar-refractivity contribution in [2.75, 3.05) is 17.2 Å². The summed E-state index contributed by atoms with van der Waals surface area (Å²) < 4.78 is 6.09. The molecule has 5 heteroatoms. The van der Waals surface area contributed by atoms with Gasteiger partial charge in [0.15, 0.2) is 0 Å². The van der Waals surface area contributed by atoms with Crippen molar-refractivity contribution < 1.29 is 4.74 Å². The minimum absolute atomic E-state index is 0.175. The van der Waals surface area contributed by atoms with Gasteiger partial charge in [-0.2, -0.15) is 0 Å². The van der Waals surface area contributed by atoms with Gasteiger partial charge in [0.05, 0.1) is 17.4 Å². The van der Waals surface area contributed by atoms with Crippen LogP contribution in [0.4, 0.5) is 17.1 Å². The monoisotopic (exact) mass is 284 g/mol. The van der Waals surface area contributed by atoms with Gasteiger partial charge in [-0.05, 0) is 48.7 Å². The van der Waals surface area contributed by atoms with Crippen LogP contribution in [0.15, 0.2) is 30.3 Å². The fourth-order valence-electron chi connectivity index (χ4n) is 2.79. The Morgan fingerprint density at radius 1 is 1.00 bits per heavy atom. The van der Waals surface area contributed by atoms with E-state index in [0.717, 1.165) is 28.1 Å². The minimum Gasteiger partial charge on any atom is -0.484 e. The second-order valence-corrected chi connectivity index (χ2v) is 5.63. The lowest BCUT2D eigenvalue weighted by atomic mass is 9.91. The summed E-state index contributed by atoms with van der Waals surface area (Å²) in [6.07, 6.45) is 0.428. The highest BCUT2D eigenvalue weighted by atomic mass is 16.5. The number of hydrogen-bond donors (Lipinski definition) is 4. The summed E-state index contributed by atoms with van der Waals surface area (Å²) in [5.41, 5.74) is 28.8. The van der Waals surface area contributed by atoms with Crippen molar-refractivity contribution in [2.45, 2.75) is 25.5 Å². The highest BCUT2D eigenvalue weighted by molar-refractivity contribution is 5.64. The molecule has 0 bridgehead atoms. The van der Waals surface area contributed by atoms with Gasteiger partial charge in [0, 0.05) is 11.3 Å². The van der Waals surface area contributed by atoms with Crippen molar-refractivity contribution in [1.82, 2.24) is 0 Å². The summed E-state index contributed by atoms with van der Waals surface area (Å²) in [5.74, 6) is 0.801. The van der Waals surface area contributed by atoms with Gasteiger partial charge in [0.1, 0.15) is 11.9 Å². The molecule has 1 heterocycles. The Labute approximate surface area is 123 Å². The molecule has 0 saturated heterocycles. The number of hydrogen-bond acceptors (Lipinski definition) is 5. The molecular formula is C16H20N4O. The van der Waals surface area contributed by atoms with E-state index in [2.05, 4.69) is 0 Å². The van der Waals surface area contributed by atoms with Gasteiger partial charge in [0.25, 0.3) is 0 Å². The van der Waals surface area contributed by atoms with Gasteiger partial charge >= 0.3 is 0 Å².